The van der Waals surface area contributed by atoms with Gasteiger partial charge < -0.3 is 9.32 Å². The van der Waals surface area contributed by atoms with Gasteiger partial charge >= 0.3 is 0 Å². The van der Waals surface area contributed by atoms with Crippen molar-refractivity contribution in [3.8, 4) is 33.4 Å². The summed E-state index contributed by atoms with van der Waals surface area (Å²) >= 11 is 1.89. The van der Waals surface area contributed by atoms with Crippen LogP contribution in [0.5, 0.6) is 0 Å². The summed E-state index contributed by atoms with van der Waals surface area (Å²) in [7, 11) is 0. The molecule has 55 heavy (non-hydrogen) atoms. The smallest absolute Gasteiger partial charge is 0.143 e. The number of furan rings is 1. The van der Waals surface area contributed by atoms with Crippen molar-refractivity contribution < 1.29 is 4.42 Å². The van der Waals surface area contributed by atoms with Gasteiger partial charge in [0.1, 0.15) is 11.2 Å². The second-order valence-corrected chi connectivity index (χ2v) is 15.1. The van der Waals surface area contributed by atoms with E-state index in [2.05, 4.69) is 193 Å². The van der Waals surface area contributed by atoms with Crippen LogP contribution in [-0.4, -0.2) is 0 Å². The van der Waals surface area contributed by atoms with Gasteiger partial charge in [-0.1, -0.05) is 158 Å². The number of rotatable bonds is 6. The maximum atomic E-state index is 6.42. The molecule has 2 nitrogen and oxygen atoms in total. The Morgan fingerprint density at radius 1 is 0.382 bits per heavy atom. The van der Waals surface area contributed by atoms with E-state index in [9.17, 15) is 0 Å². The lowest BCUT2D eigenvalue weighted by Crippen LogP contribution is -2.11. The van der Waals surface area contributed by atoms with Crippen molar-refractivity contribution in [1.29, 1.82) is 0 Å². The first kappa shape index (κ1) is 31.6. The van der Waals surface area contributed by atoms with Crippen LogP contribution in [0, 0.1) is 0 Å². The van der Waals surface area contributed by atoms with Gasteiger partial charge in [0.2, 0.25) is 0 Å². The van der Waals surface area contributed by atoms with Crippen molar-refractivity contribution in [2.45, 2.75) is 0 Å². The quantitative estimate of drug-likeness (QED) is 0.170. The summed E-state index contributed by atoms with van der Waals surface area (Å²) in [5.41, 5.74) is 12.1. The molecule has 2 aromatic heterocycles. The van der Waals surface area contributed by atoms with E-state index in [0.717, 1.165) is 50.1 Å². The maximum absolute atomic E-state index is 6.42. The van der Waals surface area contributed by atoms with Gasteiger partial charge in [-0.25, -0.2) is 0 Å². The normalized spacial score (nSPS) is 11.6. The third-order valence-corrected chi connectivity index (χ3v) is 12.1. The molecule has 0 aliphatic rings. The van der Waals surface area contributed by atoms with Crippen LogP contribution in [0.15, 0.2) is 205 Å². The summed E-state index contributed by atoms with van der Waals surface area (Å²) in [6, 6.07) is 72.0. The van der Waals surface area contributed by atoms with E-state index in [4.69, 9.17) is 4.42 Å². The van der Waals surface area contributed by atoms with Crippen LogP contribution in [-0.2, 0) is 0 Å². The Morgan fingerprint density at radius 3 is 1.80 bits per heavy atom. The third kappa shape index (κ3) is 5.24. The zero-order chi connectivity index (χ0) is 36.3. The molecule has 0 bridgehead atoms. The summed E-state index contributed by atoms with van der Waals surface area (Å²) in [5, 5.41) is 7.49. The topological polar surface area (TPSA) is 16.4 Å². The standard InChI is InChI=1S/C52H33NOS/c1-2-12-34(13-3-1)40-15-4-7-21-47(40)53(39-31-26-36(27-32-39)42-19-11-20-45-43-16-5-8-22-48(43)54-51(42)45)38-29-24-35(25-30-38)41-18-10-14-37-28-33-46-44-17-6-9-23-49(44)55-52(46)50(37)41/h1-33H. The van der Waals surface area contributed by atoms with Crippen molar-refractivity contribution in [3.63, 3.8) is 0 Å². The summed E-state index contributed by atoms with van der Waals surface area (Å²) in [4.78, 5) is 2.38. The minimum Gasteiger partial charge on any atom is -0.455 e. The predicted octanol–water partition coefficient (Wildman–Crippen LogP) is 15.6. The number of para-hydroxylation sites is 3. The van der Waals surface area contributed by atoms with Gasteiger partial charge in [-0.2, -0.15) is 0 Å². The van der Waals surface area contributed by atoms with Crippen LogP contribution in [0.25, 0.3) is 86.3 Å². The van der Waals surface area contributed by atoms with E-state index in [-0.39, 0.29) is 0 Å². The number of thiophene rings is 1. The number of nitrogens with zero attached hydrogens (tertiary/aromatic N) is 1. The van der Waals surface area contributed by atoms with Gasteiger partial charge in [0, 0.05) is 58.8 Å². The highest BCUT2D eigenvalue weighted by Crippen LogP contribution is 2.45. The molecule has 2 heterocycles. The molecular formula is C52H33NOS. The SMILES string of the molecule is c1ccc(-c2ccccc2N(c2ccc(-c3cccc4c3oc3ccccc34)cc2)c2ccc(-c3cccc4ccc5c6ccccc6sc5c34)cc2)cc1. The van der Waals surface area contributed by atoms with Crippen LogP contribution < -0.4 is 4.90 Å². The zero-order valence-corrected chi connectivity index (χ0v) is 30.6. The Kier molecular flexibility index (Phi) is 7.39. The first-order valence-electron chi connectivity index (χ1n) is 18.7. The van der Waals surface area contributed by atoms with Crippen molar-refractivity contribution in [3.05, 3.63) is 200 Å². The van der Waals surface area contributed by atoms with E-state index >= 15 is 0 Å². The van der Waals surface area contributed by atoms with Crippen molar-refractivity contribution in [1.82, 2.24) is 0 Å². The molecule has 0 N–H and O–H groups in total. The molecule has 0 amide bonds. The minimum absolute atomic E-state index is 0.908. The Morgan fingerprint density at radius 2 is 0.982 bits per heavy atom. The number of hydrogen-bond donors (Lipinski definition) is 0. The fourth-order valence-corrected chi connectivity index (χ4v) is 9.58. The molecule has 11 rings (SSSR count). The molecule has 0 saturated heterocycles. The third-order valence-electron chi connectivity index (χ3n) is 10.9. The fourth-order valence-electron chi connectivity index (χ4n) is 8.31. The summed E-state index contributed by atoms with van der Waals surface area (Å²) < 4.78 is 9.09. The second kappa shape index (κ2) is 12.9. The van der Waals surface area contributed by atoms with Crippen molar-refractivity contribution in [2.24, 2.45) is 0 Å². The Hall–Kier alpha value is -6.94. The monoisotopic (exact) mass is 719 g/mol. The zero-order valence-electron chi connectivity index (χ0n) is 29.8. The molecule has 0 saturated carbocycles. The molecular weight excluding hydrogens is 687 g/mol. The van der Waals surface area contributed by atoms with Crippen LogP contribution in [0.3, 0.4) is 0 Å². The van der Waals surface area contributed by atoms with Gasteiger partial charge in [-0.15, -0.1) is 11.3 Å². The molecule has 0 fully saturated rings. The lowest BCUT2D eigenvalue weighted by atomic mass is 9.96. The molecule has 11 aromatic rings. The van der Waals surface area contributed by atoms with Gasteiger partial charge in [0.15, 0.2) is 0 Å². The van der Waals surface area contributed by atoms with Crippen molar-refractivity contribution in [2.75, 3.05) is 4.90 Å². The lowest BCUT2D eigenvalue weighted by molar-refractivity contribution is 0.670. The van der Waals surface area contributed by atoms with E-state index < -0.39 is 0 Å². The molecule has 0 radical (unpaired) electrons. The highest BCUT2D eigenvalue weighted by molar-refractivity contribution is 7.26. The number of hydrogen-bond acceptors (Lipinski definition) is 3. The Balaban J connectivity index is 1.05. The largest absolute Gasteiger partial charge is 0.455 e. The predicted molar refractivity (Wildman–Crippen MR) is 235 cm³/mol. The molecule has 0 aliphatic heterocycles. The summed E-state index contributed by atoms with van der Waals surface area (Å²) in [6.45, 7) is 0. The Labute approximate surface area is 322 Å². The maximum Gasteiger partial charge on any atom is 0.143 e. The summed E-state index contributed by atoms with van der Waals surface area (Å²) in [6.07, 6.45) is 0. The van der Waals surface area contributed by atoms with Crippen LogP contribution in [0.1, 0.15) is 0 Å². The van der Waals surface area contributed by atoms with Gasteiger partial charge in [0.25, 0.3) is 0 Å². The number of benzene rings is 9. The first-order chi connectivity index (χ1) is 27.3. The molecule has 0 aliphatic carbocycles. The molecule has 9 aromatic carbocycles. The van der Waals surface area contributed by atoms with Crippen molar-refractivity contribution >= 4 is 81.3 Å². The van der Waals surface area contributed by atoms with E-state index in [1.165, 1.54) is 53.2 Å². The Bertz CT molecular complexity index is 3190. The van der Waals surface area contributed by atoms with Gasteiger partial charge in [-0.3, -0.25) is 0 Å². The molecule has 0 unspecified atom stereocenters. The van der Waals surface area contributed by atoms with Gasteiger partial charge in [-0.05, 0) is 70.1 Å². The average molecular weight is 720 g/mol. The van der Waals surface area contributed by atoms with Gasteiger partial charge in [0.05, 0.1) is 5.69 Å². The van der Waals surface area contributed by atoms with E-state index in [1.54, 1.807) is 0 Å². The highest BCUT2D eigenvalue weighted by atomic mass is 32.1. The number of fused-ring (bicyclic) bond motifs is 8. The number of anilines is 3. The van der Waals surface area contributed by atoms with Crippen LogP contribution in [0.2, 0.25) is 0 Å². The highest BCUT2D eigenvalue weighted by Gasteiger charge is 2.19. The first-order valence-corrected chi connectivity index (χ1v) is 19.5. The molecule has 3 heteroatoms. The van der Waals surface area contributed by atoms with Crippen LogP contribution >= 0.6 is 11.3 Å². The second-order valence-electron chi connectivity index (χ2n) is 14.0. The summed E-state index contributed by atoms with van der Waals surface area (Å²) in [5.74, 6) is 0. The molecule has 258 valence electrons. The van der Waals surface area contributed by atoms with E-state index in [0.29, 0.717) is 0 Å². The molecule has 0 atom stereocenters. The van der Waals surface area contributed by atoms with Crippen LogP contribution in [0.4, 0.5) is 17.1 Å². The fraction of sp³-hybridized carbons (Fsp3) is 0. The van der Waals surface area contributed by atoms with E-state index in [1.807, 2.05) is 23.5 Å². The lowest BCUT2D eigenvalue weighted by Gasteiger charge is -2.28. The average Bonchev–Trinajstić information content (AvgIpc) is 3.84. The minimum atomic E-state index is 0.908. The molecule has 0 spiro atoms.